The zero-order valence-corrected chi connectivity index (χ0v) is 22.1. The number of pyridine rings is 1. The highest BCUT2D eigenvalue weighted by atomic mass is 16.5. The number of hydrogen-bond donors (Lipinski definition) is 1. The molecular weight excluding hydrogens is 494 g/mol. The minimum Gasteiger partial charge on any atom is -0.618 e. The first-order chi connectivity index (χ1) is 19.0. The Kier molecular flexibility index (Phi) is 7.44. The average Bonchev–Trinajstić information content (AvgIpc) is 3.64. The quantitative estimate of drug-likeness (QED) is 0.171. The largest absolute Gasteiger partial charge is 0.618 e. The van der Waals surface area contributed by atoms with Gasteiger partial charge in [0.25, 0.3) is 0 Å². The van der Waals surface area contributed by atoms with Crippen molar-refractivity contribution in [3.63, 3.8) is 0 Å². The van der Waals surface area contributed by atoms with Crippen LogP contribution < -0.4 is 4.73 Å². The molecule has 10 heteroatoms. The lowest BCUT2D eigenvalue weighted by Gasteiger charge is -2.09. The number of ether oxygens (including phenoxy) is 1. The first kappa shape index (κ1) is 25.8. The van der Waals surface area contributed by atoms with Crippen LogP contribution in [0.5, 0.6) is 0 Å². The Balaban J connectivity index is 1.41. The van der Waals surface area contributed by atoms with Crippen LogP contribution >= 0.6 is 0 Å². The topological polar surface area (TPSA) is 126 Å². The Bertz CT molecular complexity index is 1570. The fourth-order valence-corrected chi connectivity index (χ4v) is 4.48. The molecule has 0 saturated heterocycles. The Morgan fingerprint density at radius 2 is 1.74 bits per heavy atom. The van der Waals surface area contributed by atoms with Crippen molar-refractivity contribution in [1.82, 2.24) is 30.2 Å². The van der Waals surface area contributed by atoms with E-state index in [1.165, 1.54) is 13.2 Å². The van der Waals surface area contributed by atoms with Crippen molar-refractivity contribution in [2.75, 3.05) is 7.11 Å². The molecular formula is C29H29N7O3. The summed E-state index contributed by atoms with van der Waals surface area (Å²) in [5.41, 5.74) is 5.77. The van der Waals surface area contributed by atoms with E-state index >= 15 is 0 Å². The molecule has 0 spiro atoms. The molecule has 0 fully saturated rings. The van der Waals surface area contributed by atoms with Crippen LogP contribution in [0.2, 0.25) is 0 Å². The number of methoxy groups -OCH3 is 1. The Labute approximate surface area is 225 Å². The lowest BCUT2D eigenvalue weighted by atomic mass is 10.0. The summed E-state index contributed by atoms with van der Waals surface area (Å²) in [6.07, 6.45) is 4.68. The van der Waals surface area contributed by atoms with Crippen molar-refractivity contribution in [3.05, 3.63) is 94.7 Å². The minimum absolute atomic E-state index is 0.322. The molecule has 0 aliphatic rings. The number of nitrogens with one attached hydrogen (secondary N) is 1. The molecule has 0 saturated carbocycles. The number of benzene rings is 2. The summed E-state index contributed by atoms with van der Waals surface area (Å²) in [6, 6.07) is 19.5. The number of tetrazole rings is 1. The number of carbonyl (C=O) groups is 1. The standard InChI is InChI=1S/C29H29N7O3/c1-4-5-6-27-30-25(26-16-24(29(37)39-3)15-19(2)36(26)38)18-35(27)17-20-7-9-21(10-8-20)22-11-13-23(14-12-22)28-31-33-34-32-28/h7-16,18H,4-6,17H2,1-3H3,(H,31,32,33,34). The molecule has 3 heterocycles. The van der Waals surface area contributed by atoms with Crippen LogP contribution in [0.25, 0.3) is 33.9 Å². The van der Waals surface area contributed by atoms with Crippen LogP contribution in [0.1, 0.15) is 47.2 Å². The van der Waals surface area contributed by atoms with Gasteiger partial charge in [-0.2, -0.15) is 9.94 Å². The third-order valence-corrected chi connectivity index (χ3v) is 6.62. The molecule has 0 aliphatic heterocycles. The summed E-state index contributed by atoms with van der Waals surface area (Å²) in [6.45, 7) is 4.41. The van der Waals surface area contributed by atoms with E-state index in [2.05, 4.69) is 56.4 Å². The van der Waals surface area contributed by atoms with E-state index in [9.17, 15) is 10.0 Å². The second-order valence-corrected chi connectivity index (χ2v) is 9.34. The van der Waals surface area contributed by atoms with E-state index in [0.717, 1.165) is 52.1 Å². The van der Waals surface area contributed by atoms with Crippen LogP contribution in [-0.4, -0.2) is 43.3 Å². The molecule has 39 heavy (non-hydrogen) atoms. The number of nitrogens with zero attached hydrogens (tertiary/aromatic N) is 6. The van der Waals surface area contributed by atoms with Crippen molar-refractivity contribution < 1.29 is 14.3 Å². The highest BCUT2D eigenvalue weighted by Gasteiger charge is 2.21. The number of imidazole rings is 1. The highest BCUT2D eigenvalue weighted by molar-refractivity contribution is 5.90. The lowest BCUT2D eigenvalue weighted by molar-refractivity contribution is -0.600. The van der Waals surface area contributed by atoms with Crippen LogP contribution in [0.15, 0.2) is 66.9 Å². The summed E-state index contributed by atoms with van der Waals surface area (Å²) >= 11 is 0. The van der Waals surface area contributed by atoms with Gasteiger partial charge < -0.3 is 14.5 Å². The second-order valence-electron chi connectivity index (χ2n) is 9.34. The molecule has 5 aromatic rings. The number of aromatic nitrogens is 7. The summed E-state index contributed by atoms with van der Waals surface area (Å²) in [5.74, 6) is 0.967. The van der Waals surface area contributed by atoms with E-state index in [0.29, 0.717) is 35.0 Å². The van der Waals surface area contributed by atoms with Crippen molar-refractivity contribution in [2.24, 2.45) is 0 Å². The average molecular weight is 524 g/mol. The molecule has 198 valence electrons. The van der Waals surface area contributed by atoms with Crippen LogP contribution in [0.4, 0.5) is 0 Å². The lowest BCUT2D eigenvalue weighted by Crippen LogP contribution is -2.33. The van der Waals surface area contributed by atoms with Crippen molar-refractivity contribution >= 4 is 5.97 Å². The maximum absolute atomic E-state index is 12.9. The number of unbranched alkanes of at least 4 members (excludes halogenated alkanes) is 1. The summed E-state index contributed by atoms with van der Waals surface area (Å²) < 4.78 is 7.75. The van der Waals surface area contributed by atoms with Gasteiger partial charge in [-0.15, -0.1) is 10.2 Å². The zero-order valence-electron chi connectivity index (χ0n) is 22.1. The van der Waals surface area contributed by atoms with Gasteiger partial charge in [0.05, 0.1) is 12.7 Å². The van der Waals surface area contributed by atoms with Crippen LogP contribution in [0.3, 0.4) is 0 Å². The van der Waals surface area contributed by atoms with Gasteiger partial charge >= 0.3 is 5.97 Å². The van der Waals surface area contributed by atoms with Crippen LogP contribution in [-0.2, 0) is 17.7 Å². The third-order valence-electron chi connectivity index (χ3n) is 6.62. The van der Waals surface area contributed by atoms with Gasteiger partial charge in [0, 0.05) is 43.8 Å². The maximum Gasteiger partial charge on any atom is 0.338 e. The summed E-state index contributed by atoms with van der Waals surface area (Å²) in [4.78, 5) is 17.0. The Hall–Kier alpha value is -4.86. The number of hydrogen-bond acceptors (Lipinski definition) is 7. The zero-order chi connectivity index (χ0) is 27.4. The number of rotatable bonds is 9. The monoisotopic (exact) mass is 523 g/mol. The fourth-order valence-electron chi connectivity index (χ4n) is 4.48. The number of aromatic amines is 1. The first-order valence-electron chi connectivity index (χ1n) is 12.8. The molecule has 2 aromatic carbocycles. The predicted molar refractivity (Wildman–Crippen MR) is 145 cm³/mol. The van der Waals surface area contributed by atoms with E-state index < -0.39 is 5.97 Å². The molecule has 0 amide bonds. The molecule has 5 rings (SSSR count). The van der Waals surface area contributed by atoms with Gasteiger partial charge in [-0.1, -0.05) is 61.9 Å². The number of H-pyrrole nitrogens is 1. The van der Waals surface area contributed by atoms with E-state index in [1.807, 2.05) is 30.5 Å². The number of aryl methyl sites for hydroxylation is 2. The van der Waals surface area contributed by atoms with E-state index in [1.54, 1.807) is 13.0 Å². The van der Waals surface area contributed by atoms with Crippen molar-refractivity contribution in [3.8, 4) is 33.9 Å². The first-order valence-corrected chi connectivity index (χ1v) is 12.8. The molecule has 0 aliphatic carbocycles. The molecule has 0 atom stereocenters. The maximum atomic E-state index is 12.9. The molecule has 1 N–H and O–H groups in total. The fraction of sp³-hybridized carbons (Fsp3) is 0.241. The summed E-state index contributed by atoms with van der Waals surface area (Å²) in [7, 11) is 1.32. The van der Waals surface area contributed by atoms with Gasteiger partial charge in [-0.25, -0.2) is 9.78 Å². The summed E-state index contributed by atoms with van der Waals surface area (Å²) in [5, 5.41) is 27.0. The van der Waals surface area contributed by atoms with Gasteiger partial charge in [0.2, 0.25) is 11.5 Å². The van der Waals surface area contributed by atoms with Gasteiger partial charge in [0.1, 0.15) is 5.82 Å². The van der Waals surface area contributed by atoms with Gasteiger partial charge in [-0.05, 0) is 28.3 Å². The molecule has 0 unspecified atom stereocenters. The van der Waals surface area contributed by atoms with E-state index in [-0.39, 0.29) is 0 Å². The SMILES string of the molecule is CCCCc1nc(-c2cc(C(=O)OC)cc(C)[n+]2[O-])cn1Cc1ccc(-c2ccc(-c3nn[nH]n3)cc2)cc1. The van der Waals surface area contributed by atoms with Crippen molar-refractivity contribution in [2.45, 2.75) is 39.7 Å². The highest BCUT2D eigenvalue weighted by Crippen LogP contribution is 2.25. The van der Waals surface area contributed by atoms with Crippen molar-refractivity contribution in [1.29, 1.82) is 0 Å². The van der Waals surface area contributed by atoms with Gasteiger partial charge in [-0.3, -0.25) is 0 Å². The Morgan fingerprint density at radius 3 is 2.38 bits per heavy atom. The number of esters is 1. The second kappa shape index (κ2) is 11.3. The van der Waals surface area contributed by atoms with Crippen LogP contribution in [0, 0.1) is 12.1 Å². The Morgan fingerprint density at radius 1 is 1.05 bits per heavy atom. The smallest absolute Gasteiger partial charge is 0.338 e. The minimum atomic E-state index is -0.491. The third kappa shape index (κ3) is 5.54. The van der Waals surface area contributed by atoms with E-state index in [4.69, 9.17) is 9.72 Å². The van der Waals surface area contributed by atoms with Gasteiger partial charge in [0.15, 0.2) is 11.4 Å². The normalized spacial score (nSPS) is 11.1. The molecule has 0 bridgehead atoms. The molecule has 10 nitrogen and oxygen atoms in total. The predicted octanol–water partition coefficient (Wildman–Crippen LogP) is 4.52. The molecule has 3 aromatic heterocycles. The number of carbonyl (C=O) groups excluding carboxylic acids is 1. The molecule has 0 radical (unpaired) electrons.